The molecule has 11 heteroatoms. The Morgan fingerprint density at radius 1 is 1.22 bits per heavy atom. The largest absolute Gasteiger partial charge is 0.421 e. The van der Waals surface area contributed by atoms with Crippen molar-refractivity contribution in [1.29, 1.82) is 0 Å². The number of anilines is 3. The van der Waals surface area contributed by atoms with Crippen LogP contribution in [-0.4, -0.2) is 20.4 Å². The molecule has 184 valence electrons. The molecule has 0 aliphatic heterocycles. The van der Waals surface area contributed by atoms with Crippen molar-refractivity contribution in [2.45, 2.75) is 39.7 Å². The minimum Gasteiger partial charge on any atom is -0.421 e. The highest BCUT2D eigenvalue weighted by molar-refractivity contribution is 14.1. The van der Waals surface area contributed by atoms with Gasteiger partial charge in [0, 0.05) is 22.2 Å². The summed E-state index contributed by atoms with van der Waals surface area (Å²) in [6.07, 6.45) is 4.52. The fourth-order valence-electron chi connectivity index (χ4n) is 4.24. The van der Waals surface area contributed by atoms with Crippen LogP contribution in [0.1, 0.15) is 37.1 Å². The van der Waals surface area contributed by atoms with Gasteiger partial charge in [-0.05, 0) is 67.5 Å². The first-order chi connectivity index (χ1) is 17.2. The van der Waals surface area contributed by atoms with Crippen LogP contribution in [0.15, 0.2) is 44.6 Å². The van der Waals surface area contributed by atoms with Gasteiger partial charge < -0.3 is 19.6 Å². The molecule has 2 N–H and O–H groups in total. The van der Waals surface area contributed by atoms with Crippen LogP contribution < -0.4 is 21.8 Å². The number of rotatable bonds is 5. The summed E-state index contributed by atoms with van der Waals surface area (Å²) in [5, 5.41) is 5.68. The first-order valence-electron chi connectivity index (χ1n) is 11.2. The predicted octanol–water partition coefficient (Wildman–Crippen LogP) is 4.81. The zero-order valence-corrected chi connectivity index (χ0v) is 21.8. The van der Waals surface area contributed by atoms with E-state index in [0.29, 0.717) is 20.5 Å². The van der Waals surface area contributed by atoms with Crippen molar-refractivity contribution in [3.8, 4) is 11.3 Å². The molecule has 1 saturated carbocycles. The molecule has 1 aliphatic carbocycles. The summed E-state index contributed by atoms with van der Waals surface area (Å²) in [4.78, 5) is 47.0. The molecule has 36 heavy (non-hydrogen) atoms. The maximum atomic E-state index is 14.7. The minimum atomic E-state index is -0.675. The van der Waals surface area contributed by atoms with Crippen LogP contribution in [0.4, 0.5) is 21.6 Å². The number of hydrogen-bond donors (Lipinski definition) is 2. The summed E-state index contributed by atoms with van der Waals surface area (Å²) in [6, 6.07) is 4.61. The molecule has 5 rings (SSSR count). The number of hydrogen-bond acceptors (Lipinski definition) is 7. The molecule has 0 radical (unpaired) electrons. The molecule has 0 atom stereocenters. The van der Waals surface area contributed by atoms with Gasteiger partial charge in [-0.2, -0.15) is 0 Å². The number of nitrogens with one attached hydrogen (secondary N) is 2. The van der Waals surface area contributed by atoms with Crippen molar-refractivity contribution < 1.29 is 13.6 Å². The Hall–Kier alpha value is -3.61. The van der Waals surface area contributed by atoms with Gasteiger partial charge in [0.2, 0.25) is 5.91 Å². The molecule has 9 nitrogen and oxygen atoms in total. The Bertz CT molecular complexity index is 1680. The van der Waals surface area contributed by atoms with E-state index >= 15 is 0 Å². The topological polar surface area (TPSA) is 119 Å². The lowest BCUT2D eigenvalue weighted by molar-refractivity contribution is -0.114. The smallest absolute Gasteiger partial charge is 0.341 e. The van der Waals surface area contributed by atoms with E-state index < -0.39 is 11.4 Å². The van der Waals surface area contributed by atoms with Gasteiger partial charge in [0.05, 0.1) is 40.6 Å². The Balaban J connectivity index is 1.85. The Labute approximate surface area is 217 Å². The van der Waals surface area contributed by atoms with Crippen molar-refractivity contribution >= 4 is 56.7 Å². The molecule has 3 aromatic heterocycles. The number of halogens is 2. The number of pyridine rings is 1. The van der Waals surface area contributed by atoms with Crippen LogP contribution in [0.3, 0.4) is 0 Å². The first-order valence-corrected chi connectivity index (χ1v) is 12.3. The summed E-state index contributed by atoms with van der Waals surface area (Å²) in [5.41, 5.74) is 0.718. The summed E-state index contributed by atoms with van der Waals surface area (Å²) in [5.74, 6) is -0.629. The van der Waals surface area contributed by atoms with Gasteiger partial charge in [0.15, 0.2) is 11.4 Å². The normalized spacial score (nSPS) is 13.1. The standard InChI is InChI=1S/C25H21FIN5O4/c1-11-22(31-17-7-4-14(27)8-16(17)26)21-23(36-25(11)35)20(12(2)32(24(21)34)15-5-6-15)18-9-28-10-19(30-18)29-13(3)33/h4,7-10,15,31H,5-6H2,1-3H3,(H,29,30,33). The van der Waals surface area contributed by atoms with Gasteiger partial charge in [-0.1, -0.05) is 0 Å². The summed E-state index contributed by atoms with van der Waals surface area (Å²) >= 11 is 2.00. The van der Waals surface area contributed by atoms with Crippen LogP contribution in [0.5, 0.6) is 0 Å². The molecule has 0 saturated heterocycles. The minimum absolute atomic E-state index is 0.0118. The fourth-order valence-corrected chi connectivity index (χ4v) is 4.70. The van der Waals surface area contributed by atoms with E-state index in [-0.39, 0.29) is 51.2 Å². The Morgan fingerprint density at radius 3 is 2.64 bits per heavy atom. The highest BCUT2D eigenvalue weighted by atomic mass is 127. The first kappa shape index (κ1) is 24.1. The van der Waals surface area contributed by atoms with Crippen LogP contribution >= 0.6 is 22.6 Å². The molecule has 1 aliphatic rings. The van der Waals surface area contributed by atoms with E-state index in [1.807, 2.05) is 22.6 Å². The van der Waals surface area contributed by atoms with E-state index in [1.54, 1.807) is 23.6 Å². The molecule has 0 spiro atoms. The highest BCUT2D eigenvalue weighted by Gasteiger charge is 2.31. The zero-order chi connectivity index (χ0) is 25.7. The lowest BCUT2D eigenvalue weighted by atomic mass is 10.0. The van der Waals surface area contributed by atoms with Crippen LogP contribution in [0.25, 0.3) is 22.2 Å². The van der Waals surface area contributed by atoms with Crippen molar-refractivity contribution in [1.82, 2.24) is 14.5 Å². The molecule has 4 aromatic rings. The van der Waals surface area contributed by atoms with Gasteiger partial charge in [-0.15, -0.1) is 0 Å². The highest BCUT2D eigenvalue weighted by Crippen LogP contribution is 2.40. The number of nitrogens with zero attached hydrogens (tertiary/aromatic N) is 3. The number of aromatic nitrogens is 3. The summed E-state index contributed by atoms with van der Waals surface area (Å²) < 4.78 is 22.8. The third kappa shape index (κ3) is 4.27. The molecular formula is C25H21FIN5O4. The van der Waals surface area contributed by atoms with Crippen molar-refractivity contribution in [3.63, 3.8) is 0 Å². The second kappa shape index (κ2) is 9.12. The van der Waals surface area contributed by atoms with Crippen LogP contribution in [0.2, 0.25) is 0 Å². The van der Waals surface area contributed by atoms with Crippen molar-refractivity contribution in [2.75, 3.05) is 10.6 Å². The predicted molar refractivity (Wildman–Crippen MR) is 142 cm³/mol. The zero-order valence-electron chi connectivity index (χ0n) is 19.6. The van der Waals surface area contributed by atoms with Crippen molar-refractivity contribution in [3.05, 3.63) is 72.0 Å². The van der Waals surface area contributed by atoms with Gasteiger partial charge in [-0.3, -0.25) is 14.6 Å². The Morgan fingerprint density at radius 2 is 1.97 bits per heavy atom. The lowest BCUT2D eigenvalue weighted by Crippen LogP contribution is -2.25. The summed E-state index contributed by atoms with van der Waals surface area (Å²) in [7, 11) is 0. The van der Waals surface area contributed by atoms with E-state index in [4.69, 9.17) is 4.42 Å². The molecule has 0 bridgehead atoms. The van der Waals surface area contributed by atoms with E-state index in [2.05, 4.69) is 20.6 Å². The lowest BCUT2D eigenvalue weighted by Gasteiger charge is -2.19. The van der Waals surface area contributed by atoms with Gasteiger partial charge in [-0.25, -0.2) is 14.2 Å². The van der Waals surface area contributed by atoms with Crippen molar-refractivity contribution in [2.24, 2.45) is 0 Å². The monoisotopic (exact) mass is 601 g/mol. The third-order valence-electron chi connectivity index (χ3n) is 6.03. The number of amides is 1. The number of carbonyl (C=O) groups is 1. The maximum absolute atomic E-state index is 14.7. The second-order valence-electron chi connectivity index (χ2n) is 8.68. The van der Waals surface area contributed by atoms with E-state index in [1.165, 1.54) is 32.3 Å². The SMILES string of the molecule is CC(=O)Nc1cncc(-c2c(C)n(C3CC3)c(=O)c3c(Nc4ccc(I)cc4F)c(C)c(=O)oc23)n1. The quantitative estimate of drug-likeness (QED) is 0.315. The van der Waals surface area contributed by atoms with E-state index in [9.17, 15) is 18.8 Å². The molecule has 0 unspecified atom stereocenters. The second-order valence-corrected chi connectivity index (χ2v) is 9.93. The average Bonchev–Trinajstić information content (AvgIpc) is 3.63. The molecular weight excluding hydrogens is 580 g/mol. The van der Waals surface area contributed by atoms with Gasteiger partial charge >= 0.3 is 5.63 Å². The summed E-state index contributed by atoms with van der Waals surface area (Å²) in [6.45, 7) is 4.63. The van der Waals surface area contributed by atoms with Crippen LogP contribution in [0, 0.1) is 23.2 Å². The molecule has 1 fully saturated rings. The van der Waals surface area contributed by atoms with Crippen LogP contribution in [-0.2, 0) is 4.79 Å². The maximum Gasteiger partial charge on any atom is 0.341 e. The molecule has 1 aromatic carbocycles. The van der Waals surface area contributed by atoms with E-state index in [0.717, 1.165) is 12.8 Å². The number of fused-ring (bicyclic) bond motifs is 1. The third-order valence-corrected chi connectivity index (χ3v) is 6.70. The molecule has 1 amide bonds. The number of carbonyl (C=O) groups excluding carboxylic acids is 1. The average molecular weight is 601 g/mol. The fraction of sp³-hybridized carbons (Fsp3) is 0.240. The van der Waals surface area contributed by atoms with Gasteiger partial charge in [0.1, 0.15) is 11.2 Å². The molecule has 3 heterocycles. The Kier molecular flexibility index (Phi) is 6.10. The van der Waals surface area contributed by atoms with Gasteiger partial charge in [0.25, 0.3) is 5.56 Å². The number of benzene rings is 1.